The molecule has 0 radical (unpaired) electrons. The van der Waals surface area contributed by atoms with Crippen LogP contribution in [0.4, 0.5) is 10.1 Å². The van der Waals surface area contributed by atoms with E-state index < -0.39 is 22.2 Å². The third kappa shape index (κ3) is 3.19. The van der Waals surface area contributed by atoms with Gasteiger partial charge in [0.15, 0.2) is 5.82 Å². The van der Waals surface area contributed by atoms with E-state index in [1.165, 1.54) is 6.92 Å². The van der Waals surface area contributed by atoms with Gasteiger partial charge in [0.1, 0.15) is 5.82 Å². The van der Waals surface area contributed by atoms with Crippen LogP contribution in [0.5, 0.6) is 0 Å². The summed E-state index contributed by atoms with van der Waals surface area (Å²) in [5.41, 5.74) is -0.742. The molecule has 8 nitrogen and oxygen atoms in total. The van der Waals surface area contributed by atoms with Crippen molar-refractivity contribution in [1.82, 2.24) is 15.5 Å². The number of amides is 1. The van der Waals surface area contributed by atoms with Gasteiger partial charge in [0, 0.05) is 12.1 Å². The van der Waals surface area contributed by atoms with E-state index in [9.17, 15) is 19.3 Å². The van der Waals surface area contributed by atoms with E-state index >= 15 is 0 Å². The Hall–Kier alpha value is -2.84. The van der Waals surface area contributed by atoms with Crippen LogP contribution in [0.25, 0.3) is 0 Å². The van der Waals surface area contributed by atoms with Crippen molar-refractivity contribution < 1.29 is 18.6 Å². The molecule has 1 aromatic carbocycles. The van der Waals surface area contributed by atoms with Crippen molar-refractivity contribution >= 4 is 11.6 Å². The van der Waals surface area contributed by atoms with Gasteiger partial charge in [-0.25, -0.2) is 4.39 Å². The number of hydrogen-bond acceptors (Lipinski definition) is 6. The number of carbonyl (C=O) groups is 1. The molecule has 110 valence electrons. The lowest BCUT2D eigenvalue weighted by atomic mass is 10.1. The van der Waals surface area contributed by atoms with Crippen LogP contribution in [0.1, 0.15) is 27.6 Å². The second kappa shape index (κ2) is 5.65. The molecule has 0 aliphatic rings. The maximum absolute atomic E-state index is 13.9. The topological polar surface area (TPSA) is 111 Å². The number of rotatable bonds is 4. The van der Waals surface area contributed by atoms with Gasteiger partial charge in [-0.3, -0.25) is 14.9 Å². The molecule has 1 aromatic heterocycles. The molecule has 0 saturated heterocycles. The van der Waals surface area contributed by atoms with Gasteiger partial charge in [0.2, 0.25) is 5.89 Å². The number of non-ortho nitro benzene ring substituents is 1. The van der Waals surface area contributed by atoms with Crippen molar-refractivity contribution in [2.75, 3.05) is 0 Å². The molecule has 0 fully saturated rings. The second-order valence-corrected chi connectivity index (χ2v) is 4.30. The highest BCUT2D eigenvalue weighted by molar-refractivity contribution is 5.95. The lowest BCUT2D eigenvalue weighted by molar-refractivity contribution is -0.385. The normalized spacial score (nSPS) is 10.4. The molecule has 0 aliphatic carbocycles. The number of nitrogens with one attached hydrogen (secondary N) is 1. The first-order valence-electron chi connectivity index (χ1n) is 5.90. The zero-order chi connectivity index (χ0) is 15.6. The van der Waals surface area contributed by atoms with Crippen LogP contribution in [0, 0.1) is 29.8 Å². The summed E-state index contributed by atoms with van der Waals surface area (Å²) in [6.45, 7) is 2.86. The van der Waals surface area contributed by atoms with Gasteiger partial charge < -0.3 is 9.84 Å². The second-order valence-electron chi connectivity index (χ2n) is 4.30. The SMILES string of the molecule is Cc1noc(CNC(=O)c2cc([N+](=O)[O-])cc(C)c2F)n1. The van der Waals surface area contributed by atoms with Crippen molar-refractivity contribution in [2.45, 2.75) is 20.4 Å². The monoisotopic (exact) mass is 294 g/mol. The largest absolute Gasteiger partial charge is 0.343 e. The first-order chi connectivity index (χ1) is 9.88. The third-order valence-corrected chi connectivity index (χ3v) is 2.66. The van der Waals surface area contributed by atoms with Crippen LogP contribution in [0.2, 0.25) is 0 Å². The molecule has 0 aliphatic heterocycles. The molecular weight excluding hydrogens is 283 g/mol. The van der Waals surface area contributed by atoms with E-state index in [4.69, 9.17) is 4.52 Å². The highest BCUT2D eigenvalue weighted by Crippen LogP contribution is 2.21. The summed E-state index contributed by atoms with van der Waals surface area (Å²) in [6, 6.07) is 1.95. The molecule has 2 aromatic rings. The molecule has 1 N–H and O–H groups in total. The molecule has 0 unspecified atom stereocenters. The zero-order valence-electron chi connectivity index (χ0n) is 11.2. The molecule has 0 bridgehead atoms. The fourth-order valence-corrected chi connectivity index (χ4v) is 1.68. The molecular formula is C12H11FN4O4. The van der Waals surface area contributed by atoms with Gasteiger partial charge in [0.25, 0.3) is 11.6 Å². The molecule has 0 saturated carbocycles. The summed E-state index contributed by atoms with van der Waals surface area (Å²) < 4.78 is 18.7. The first kappa shape index (κ1) is 14.6. The number of hydrogen-bond donors (Lipinski definition) is 1. The number of nitrogens with zero attached hydrogens (tertiary/aromatic N) is 3. The first-order valence-corrected chi connectivity index (χ1v) is 5.90. The van der Waals surface area contributed by atoms with Crippen LogP contribution in [0.15, 0.2) is 16.7 Å². The summed E-state index contributed by atoms with van der Waals surface area (Å²) in [5.74, 6) is -1.05. The van der Waals surface area contributed by atoms with Crippen molar-refractivity contribution in [1.29, 1.82) is 0 Å². The maximum atomic E-state index is 13.9. The van der Waals surface area contributed by atoms with E-state index in [2.05, 4.69) is 15.5 Å². The Morgan fingerprint density at radius 1 is 1.48 bits per heavy atom. The molecule has 9 heteroatoms. The maximum Gasteiger partial charge on any atom is 0.270 e. The summed E-state index contributed by atoms with van der Waals surface area (Å²) >= 11 is 0. The van der Waals surface area contributed by atoms with E-state index in [1.807, 2.05) is 0 Å². The van der Waals surface area contributed by atoms with Gasteiger partial charge in [0.05, 0.1) is 17.0 Å². The Balaban J connectivity index is 2.20. The van der Waals surface area contributed by atoms with Gasteiger partial charge in [-0.1, -0.05) is 5.16 Å². The Kier molecular flexibility index (Phi) is 3.92. The molecule has 21 heavy (non-hydrogen) atoms. The lowest BCUT2D eigenvalue weighted by Gasteiger charge is -2.06. The number of carbonyl (C=O) groups excluding carboxylic acids is 1. The van der Waals surface area contributed by atoms with Crippen LogP contribution < -0.4 is 5.32 Å². The van der Waals surface area contributed by atoms with E-state index in [-0.39, 0.29) is 23.7 Å². The minimum Gasteiger partial charge on any atom is -0.343 e. The zero-order valence-corrected chi connectivity index (χ0v) is 11.2. The Morgan fingerprint density at radius 3 is 2.76 bits per heavy atom. The van der Waals surface area contributed by atoms with Crippen LogP contribution in [0.3, 0.4) is 0 Å². The smallest absolute Gasteiger partial charge is 0.270 e. The van der Waals surface area contributed by atoms with Crippen molar-refractivity contribution in [3.63, 3.8) is 0 Å². The standard InChI is InChI=1S/C12H11FN4O4/c1-6-3-8(17(19)20)4-9(11(6)13)12(18)14-5-10-15-7(2)16-21-10/h3-4H,5H2,1-2H3,(H,14,18). The fourth-order valence-electron chi connectivity index (χ4n) is 1.68. The molecule has 2 rings (SSSR count). The number of aromatic nitrogens is 2. The van der Waals surface area contributed by atoms with Gasteiger partial charge >= 0.3 is 0 Å². The predicted octanol–water partition coefficient (Wildman–Crippen LogP) is 1.66. The Labute approximate surface area is 118 Å². The van der Waals surface area contributed by atoms with Crippen LogP contribution in [-0.2, 0) is 6.54 Å². The summed E-state index contributed by atoms with van der Waals surface area (Å²) in [5, 5.41) is 16.6. The predicted molar refractivity (Wildman–Crippen MR) is 68.0 cm³/mol. The Morgan fingerprint density at radius 2 is 2.19 bits per heavy atom. The number of benzene rings is 1. The summed E-state index contributed by atoms with van der Waals surface area (Å²) in [6.07, 6.45) is 0. The molecule has 1 heterocycles. The summed E-state index contributed by atoms with van der Waals surface area (Å²) in [4.78, 5) is 25.8. The quantitative estimate of drug-likeness (QED) is 0.678. The van der Waals surface area contributed by atoms with Gasteiger partial charge in [-0.2, -0.15) is 4.98 Å². The van der Waals surface area contributed by atoms with Crippen molar-refractivity contribution in [2.24, 2.45) is 0 Å². The average Bonchev–Trinajstić information content (AvgIpc) is 2.84. The van der Waals surface area contributed by atoms with Crippen molar-refractivity contribution in [3.8, 4) is 0 Å². The number of nitro groups is 1. The molecule has 0 atom stereocenters. The molecule has 0 spiro atoms. The van der Waals surface area contributed by atoms with Gasteiger partial charge in [-0.05, 0) is 19.4 Å². The minimum absolute atomic E-state index is 0.0167. The van der Waals surface area contributed by atoms with Gasteiger partial charge in [-0.15, -0.1) is 0 Å². The number of aryl methyl sites for hydroxylation is 2. The van der Waals surface area contributed by atoms with E-state index in [0.717, 1.165) is 12.1 Å². The average molecular weight is 294 g/mol. The number of halogens is 1. The highest BCUT2D eigenvalue weighted by atomic mass is 19.1. The van der Waals surface area contributed by atoms with E-state index in [0.29, 0.717) is 5.82 Å². The lowest BCUT2D eigenvalue weighted by Crippen LogP contribution is -2.24. The minimum atomic E-state index is -0.806. The Bertz CT molecular complexity index is 713. The van der Waals surface area contributed by atoms with Crippen molar-refractivity contribution in [3.05, 3.63) is 50.9 Å². The van der Waals surface area contributed by atoms with Crippen LogP contribution in [-0.4, -0.2) is 21.0 Å². The number of nitro benzene ring substituents is 1. The highest BCUT2D eigenvalue weighted by Gasteiger charge is 2.20. The fraction of sp³-hybridized carbons (Fsp3) is 0.250. The molecule has 1 amide bonds. The van der Waals surface area contributed by atoms with Crippen LogP contribution >= 0.6 is 0 Å². The van der Waals surface area contributed by atoms with E-state index in [1.54, 1.807) is 6.92 Å². The summed E-state index contributed by atoms with van der Waals surface area (Å²) in [7, 11) is 0. The third-order valence-electron chi connectivity index (χ3n) is 2.66.